The van der Waals surface area contributed by atoms with E-state index in [1.165, 1.54) is 25.0 Å². The third kappa shape index (κ3) is 2.25. The van der Waals surface area contributed by atoms with E-state index in [1.54, 1.807) is 11.3 Å². The highest BCUT2D eigenvalue weighted by Gasteiger charge is 2.31. The Hall–Kier alpha value is -0.550. The molecule has 1 saturated heterocycles. The van der Waals surface area contributed by atoms with Crippen LogP contribution in [0.4, 0.5) is 0 Å². The van der Waals surface area contributed by atoms with Crippen LogP contribution in [0, 0.1) is 5.92 Å². The van der Waals surface area contributed by atoms with E-state index in [1.807, 2.05) is 23.3 Å². The maximum absolute atomic E-state index is 4.60. The molecule has 1 aliphatic heterocycles. The van der Waals surface area contributed by atoms with Gasteiger partial charge in [0.1, 0.15) is 5.01 Å². The Bertz CT molecular complexity index is 375. The van der Waals surface area contributed by atoms with E-state index < -0.39 is 0 Å². The smallest absolute Gasteiger partial charge is 0.157 e. The molecule has 0 radical (unpaired) electrons. The van der Waals surface area contributed by atoms with Crippen molar-refractivity contribution in [3.05, 3.63) is 16.6 Å². The Morgan fingerprint density at radius 2 is 2.50 bits per heavy atom. The minimum absolute atomic E-state index is 0.691. The van der Waals surface area contributed by atoms with Crippen molar-refractivity contribution in [2.75, 3.05) is 5.75 Å². The number of thiazole rings is 1. The molecule has 3 rings (SSSR count). The second-order valence-electron chi connectivity index (χ2n) is 4.30. The van der Waals surface area contributed by atoms with Gasteiger partial charge in [-0.1, -0.05) is 18.2 Å². The fourth-order valence-corrected chi connectivity index (χ4v) is 4.08. The fraction of sp³-hybridized carbons (Fsp3) is 0.636. The van der Waals surface area contributed by atoms with Crippen molar-refractivity contribution in [2.45, 2.75) is 31.8 Å². The molecule has 1 saturated carbocycles. The molecule has 0 bridgehead atoms. The number of rotatable bonds is 2. The molecule has 1 N–H and O–H groups in total. The van der Waals surface area contributed by atoms with Gasteiger partial charge < -0.3 is 5.32 Å². The first-order valence-corrected chi connectivity index (χ1v) is 7.60. The van der Waals surface area contributed by atoms with Gasteiger partial charge in [-0.15, -0.1) is 11.3 Å². The molecular formula is C11H15N3S2. The third-order valence-electron chi connectivity index (χ3n) is 3.24. The third-order valence-corrected chi connectivity index (χ3v) is 5.12. The molecule has 0 amide bonds. The quantitative estimate of drug-likeness (QED) is 0.880. The first-order chi connectivity index (χ1) is 7.92. The number of hydrogen-bond acceptors (Lipinski definition) is 4. The summed E-state index contributed by atoms with van der Waals surface area (Å²) in [6.45, 7) is 0.727. The zero-order chi connectivity index (χ0) is 10.8. The molecule has 0 spiro atoms. The Morgan fingerprint density at radius 3 is 3.38 bits per heavy atom. The molecule has 2 unspecified atom stereocenters. The second kappa shape index (κ2) is 4.75. The topological polar surface area (TPSA) is 37.3 Å². The summed E-state index contributed by atoms with van der Waals surface area (Å²) in [6, 6.07) is 0.691. The van der Waals surface area contributed by atoms with Crippen molar-refractivity contribution in [3.8, 4) is 0 Å². The first-order valence-electron chi connectivity index (χ1n) is 5.74. The average Bonchev–Trinajstić information content (AvgIpc) is 2.97. The van der Waals surface area contributed by atoms with Crippen LogP contribution in [-0.2, 0) is 6.54 Å². The van der Waals surface area contributed by atoms with E-state index in [4.69, 9.17) is 0 Å². The summed E-state index contributed by atoms with van der Waals surface area (Å²) < 4.78 is 0. The standard InChI is InChI=1S/C11H15N3S2/c1-2-8-7-16-11(14-9(8)3-1)13-6-10-12-4-5-15-10/h4-5,8-9H,1-3,6-7H2,(H,13,14). The zero-order valence-electron chi connectivity index (χ0n) is 9.06. The van der Waals surface area contributed by atoms with Crippen LogP contribution in [-0.4, -0.2) is 21.9 Å². The number of hydrogen-bond donors (Lipinski definition) is 1. The fourth-order valence-electron chi connectivity index (χ4n) is 2.37. The van der Waals surface area contributed by atoms with Crippen molar-refractivity contribution in [1.82, 2.24) is 10.3 Å². The molecule has 3 nitrogen and oxygen atoms in total. The average molecular weight is 253 g/mol. The van der Waals surface area contributed by atoms with Gasteiger partial charge >= 0.3 is 0 Å². The van der Waals surface area contributed by atoms with Crippen molar-refractivity contribution >= 4 is 28.3 Å². The lowest BCUT2D eigenvalue weighted by atomic mass is 10.1. The molecule has 16 heavy (non-hydrogen) atoms. The lowest BCUT2D eigenvalue weighted by molar-refractivity contribution is 0.489. The number of amidine groups is 1. The molecule has 2 atom stereocenters. The van der Waals surface area contributed by atoms with E-state index in [2.05, 4.69) is 15.3 Å². The largest absolute Gasteiger partial charge is 0.362 e. The number of aliphatic imine (C=N–C) groups is 1. The highest BCUT2D eigenvalue weighted by molar-refractivity contribution is 8.13. The SMILES string of the molecule is c1csc(CN=C2NC3CCCC3CS2)n1. The lowest BCUT2D eigenvalue weighted by Crippen LogP contribution is -2.41. The van der Waals surface area contributed by atoms with Gasteiger partial charge in [-0.25, -0.2) is 4.98 Å². The maximum atomic E-state index is 4.60. The summed E-state index contributed by atoms with van der Waals surface area (Å²) in [5.41, 5.74) is 0. The summed E-state index contributed by atoms with van der Waals surface area (Å²) in [4.78, 5) is 8.84. The van der Waals surface area contributed by atoms with E-state index in [0.717, 1.165) is 22.6 Å². The van der Waals surface area contributed by atoms with Gasteiger partial charge in [-0.2, -0.15) is 0 Å². The summed E-state index contributed by atoms with van der Waals surface area (Å²) >= 11 is 3.55. The van der Waals surface area contributed by atoms with Crippen LogP contribution < -0.4 is 5.32 Å². The van der Waals surface area contributed by atoms with Crippen LogP contribution in [0.15, 0.2) is 16.6 Å². The lowest BCUT2D eigenvalue weighted by Gasteiger charge is -2.27. The molecule has 1 aromatic rings. The van der Waals surface area contributed by atoms with Gasteiger partial charge in [0.15, 0.2) is 5.17 Å². The normalized spacial score (nSPS) is 31.4. The Balaban J connectivity index is 1.61. The molecule has 1 aromatic heterocycles. The Labute approximate surface area is 104 Å². The highest BCUT2D eigenvalue weighted by Crippen LogP contribution is 2.32. The van der Waals surface area contributed by atoms with Gasteiger partial charge in [0.05, 0.1) is 6.54 Å². The van der Waals surface area contributed by atoms with Crippen molar-refractivity contribution in [2.24, 2.45) is 10.9 Å². The molecular weight excluding hydrogens is 238 g/mol. The van der Waals surface area contributed by atoms with Crippen LogP contribution in [0.3, 0.4) is 0 Å². The molecule has 0 aromatic carbocycles. The Kier molecular flexibility index (Phi) is 3.15. The van der Waals surface area contributed by atoms with Gasteiger partial charge in [-0.05, 0) is 18.8 Å². The van der Waals surface area contributed by atoms with Crippen LogP contribution in [0.2, 0.25) is 0 Å². The predicted molar refractivity (Wildman–Crippen MR) is 70.0 cm³/mol. The zero-order valence-corrected chi connectivity index (χ0v) is 10.7. The van der Waals surface area contributed by atoms with Gasteiger partial charge in [-0.3, -0.25) is 4.99 Å². The predicted octanol–water partition coefficient (Wildman–Crippen LogP) is 2.50. The molecule has 5 heteroatoms. The summed E-state index contributed by atoms with van der Waals surface area (Å²) in [7, 11) is 0. The van der Waals surface area contributed by atoms with Gasteiger partial charge in [0.2, 0.25) is 0 Å². The number of nitrogens with zero attached hydrogens (tertiary/aromatic N) is 2. The van der Waals surface area contributed by atoms with Gasteiger partial charge in [0, 0.05) is 23.4 Å². The van der Waals surface area contributed by atoms with Crippen molar-refractivity contribution in [3.63, 3.8) is 0 Å². The van der Waals surface area contributed by atoms with Crippen LogP contribution in [0.5, 0.6) is 0 Å². The highest BCUT2D eigenvalue weighted by atomic mass is 32.2. The second-order valence-corrected chi connectivity index (χ2v) is 6.29. The minimum atomic E-state index is 0.691. The van der Waals surface area contributed by atoms with E-state index in [9.17, 15) is 0 Å². The molecule has 86 valence electrons. The number of aromatic nitrogens is 1. The summed E-state index contributed by atoms with van der Waals surface area (Å²) in [5, 5.41) is 7.80. The molecule has 2 heterocycles. The first kappa shape index (κ1) is 10.6. The summed E-state index contributed by atoms with van der Waals surface area (Å²) in [5.74, 6) is 2.12. The van der Waals surface area contributed by atoms with Crippen molar-refractivity contribution in [1.29, 1.82) is 0 Å². The van der Waals surface area contributed by atoms with E-state index in [-0.39, 0.29) is 0 Å². The van der Waals surface area contributed by atoms with Crippen LogP contribution in [0.1, 0.15) is 24.3 Å². The van der Waals surface area contributed by atoms with Gasteiger partial charge in [0.25, 0.3) is 0 Å². The van der Waals surface area contributed by atoms with Crippen molar-refractivity contribution < 1.29 is 0 Å². The van der Waals surface area contributed by atoms with Crippen LogP contribution in [0.25, 0.3) is 0 Å². The number of nitrogens with one attached hydrogen (secondary N) is 1. The monoisotopic (exact) mass is 253 g/mol. The van der Waals surface area contributed by atoms with E-state index >= 15 is 0 Å². The number of thioether (sulfide) groups is 1. The van der Waals surface area contributed by atoms with Crippen LogP contribution >= 0.6 is 23.1 Å². The van der Waals surface area contributed by atoms with E-state index in [0.29, 0.717) is 6.04 Å². The summed E-state index contributed by atoms with van der Waals surface area (Å²) in [6.07, 6.45) is 5.93. The molecule has 2 aliphatic rings. The minimum Gasteiger partial charge on any atom is -0.362 e. The number of fused-ring (bicyclic) bond motifs is 1. The Morgan fingerprint density at radius 1 is 1.50 bits per heavy atom. The molecule has 1 aliphatic carbocycles. The maximum Gasteiger partial charge on any atom is 0.157 e. The molecule has 2 fully saturated rings.